The molecule has 2 heterocycles. The van der Waals surface area contributed by atoms with E-state index >= 15 is 0 Å². The molecular weight excluding hydrogens is 649 g/mol. The largest absolute Gasteiger partial charge is 0.435 e. The molecule has 0 radical (unpaired) electrons. The minimum atomic E-state index is 0.561. The van der Waals surface area contributed by atoms with Gasteiger partial charge >= 0.3 is 0 Å². The molecule has 0 atom stereocenters. The minimum absolute atomic E-state index is 0.561. The van der Waals surface area contributed by atoms with Crippen molar-refractivity contribution in [3.63, 3.8) is 0 Å². The standard InChI is InChI=1S/C48H30N4O/c1-3-11-31(12-4-1)32-21-25-36(26-22-32)45-50-46(37-27-23-34(24-28-37)40-19-9-16-33-13-7-8-18-39(33)40)52-47(51-45)41-20-10-17-35-29-30-42-44(43(35)41)53-48(49-42)38-14-5-2-6-15-38/h1-30H. The number of nitrogens with zero attached hydrogens (tertiary/aromatic N) is 4. The normalized spacial score (nSPS) is 11.4. The van der Waals surface area contributed by atoms with Crippen LogP contribution in [0.4, 0.5) is 0 Å². The third-order valence-corrected chi connectivity index (χ3v) is 9.79. The average molecular weight is 679 g/mol. The van der Waals surface area contributed by atoms with Gasteiger partial charge in [0.25, 0.3) is 0 Å². The number of oxazole rings is 1. The van der Waals surface area contributed by atoms with Gasteiger partial charge in [-0.15, -0.1) is 0 Å². The van der Waals surface area contributed by atoms with Crippen LogP contribution in [0.5, 0.6) is 0 Å². The average Bonchev–Trinajstić information content (AvgIpc) is 3.69. The van der Waals surface area contributed by atoms with Gasteiger partial charge in [-0.2, -0.15) is 0 Å². The second-order valence-corrected chi connectivity index (χ2v) is 13.1. The molecule has 5 nitrogen and oxygen atoms in total. The first-order valence-electron chi connectivity index (χ1n) is 17.6. The summed E-state index contributed by atoms with van der Waals surface area (Å²) in [5, 5.41) is 4.36. The molecule has 0 saturated heterocycles. The number of fused-ring (bicyclic) bond motifs is 4. The summed E-state index contributed by atoms with van der Waals surface area (Å²) in [4.78, 5) is 20.2. The fourth-order valence-electron chi connectivity index (χ4n) is 7.12. The lowest BCUT2D eigenvalue weighted by Gasteiger charge is -2.12. The van der Waals surface area contributed by atoms with E-state index < -0.39 is 0 Å². The van der Waals surface area contributed by atoms with Gasteiger partial charge in [0.15, 0.2) is 23.1 Å². The van der Waals surface area contributed by atoms with E-state index in [2.05, 4.69) is 133 Å². The van der Waals surface area contributed by atoms with Gasteiger partial charge in [-0.3, -0.25) is 0 Å². The molecule has 0 aliphatic heterocycles. The van der Waals surface area contributed by atoms with Gasteiger partial charge in [0.05, 0.1) is 0 Å². The Morgan fingerprint density at radius 2 is 0.849 bits per heavy atom. The molecule has 10 aromatic rings. The second-order valence-electron chi connectivity index (χ2n) is 13.1. The number of rotatable bonds is 6. The summed E-state index contributed by atoms with van der Waals surface area (Å²) in [6.07, 6.45) is 0. The Labute approximate surface area is 305 Å². The van der Waals surface area contributed by atoms with Crippen molar-refractivity contribution in [3.05, 3.63) is 182 Å². The maximum atomic E-state index is 6.52. The summed E-state index contributed by atoms with van der Waals surface area (Å²) in [7, 11) is 0. The van der Waals surface area contributed by atoms with Crippen LogP contribution in [0.2, 0.25) is 0 Å². The fraction of sp³-hybridized carbons (Fsp3) is 0. The molecule has 5 heteroatoms. The highest BCUT2D eigenvalue weighted by molar-refractivity contribution is 6.10. The topological polar surface area (TPSA) is 64.7 Å². The van der Waals surface area contributed by atoms with Gasteiger partial charge in [-0.25, -0.2) is 19.9 Å². The Hall–Kier alpha value is -7.24. The lowest BCUT2D eigenvalue weighted by molar-refractivity contribution is 0.623. The van der Waals surface area contributed by atoms with Crippen LogP contribution < -0.4 is 0 Å². The first-order valence-corrected chi connectivity index (χ1v) is 17.6. The molecule has 0 aliphatic carbocycles. The summed E-state index contributed by atoms with van der Waals surface area (Å²) in [6, 6.07) is 62.4. The lowest BCUT2D eigenvalue weighted by Crippen LogP contribution is -2.00. The minimum Gasteiger partial charge on any atom is -0.435 e. The zero-order chi connectivity index (χ0) is 35.1. The van der Waals surface area contributed by atoms with Gasteiger partial charge in [0, 0.05) is 27.6 Å². The fourth-order valence-corrected chi connectivity index (χ4v) is 7.12. The molecule has 53 heavy (non-hydrogen) atoms. The van der Waals surface area contributed by atoms with Gasteiger partial charge in [-0.05, 0) is 56.6 Å². The molecule has 2 aromatic heterocycles. The summed E-state index contributed by atoms with van der Waals surface area (Å²) in [5.41, 5.74) is 9.65. The van der Waals surface area contributed by atoms with E-state index in [4.69, 9.17) is 24.4 Å². The molecule has 8 aromatic carbocycles. The summed E-state index contributed by atoms with van der Waals surface area (Å²) >= 11 is 0. The van der Waals surface area contributed by atoms with Crippen molar-refractivity contribution >= 4 is 32.6 Å². The molecule has 248 valence electrons. The summed E-state index contributed by atoms with van der Waals surface area (Å²) in [5.74, 6) is 2.32. The zero-order valence-electron chi connectivity index (χ0n) is 28.5. The molecular formula is C48H30N4O. The van der Waals surface area contributed by atoms with Crippen molar-refractivity contribution in [1.29, 1.82) is 0 Å². The number of hydrogen-bond acceptors (Lipinski definition) is 5. The molecule has 0 aliphatic rings. The third-order valence-electron chi connectivity index (χ3n) is 9.79. The van der Waals surface area contributed by atoms with Crippen LogP contribution in [0.15, 0.2) is 186 Å². The van der Waals surface area contributed by atoms with Crippen LogP contribution in [-0.2, 0) is 0 Å². The molecule has 0 spiro atoms. The van der Waals surface area contributed by atoms with E-state index in [1.807, 2.05) is 48.5 Å². The van der Waals surface area contributed by atoms with Crippen LogP contribution in [0, 0.1) is 0 Å². The van der Waals surface area contributed by atoms with Gasteiger partial charge < -0.3 is 4.42 Å². The number of aromatic nitrogens is 4. The van der Waals surface area contributed by atoms with E-state index in [9.17, 15) is 0 Å². The first-order chi connectivity index (χ1) is 26.2. The third kappa shape index (κ3) is 5.61. The molecule has 0 fully saturated rings. The van der Waals surface area contributed by atoms with Crippen LogP contribution >= 0.6 is 0 Å². The van der Waals surface area contributed by atoms with E-state index in [0.717, 1.165) is 55.2 Å². The van der Waals surface area contributed by atoms with Gasteiger partial charge in [0.1, 0.15) is 5.52 Å². The van der Waals surface area contributed by atoms with E-state index in [-0.39, 0.29) is 0 Å². The Bertz CT molecular complexity index is 2910. The van der Waals surface area contributed by atoms with Crippen LogP contribution in [-0.4, -0.2) is 19.9 Å². The molecule has 0 amide bonds. The number of benzene rings is 8. The van der Waals surface area contributed by atoms with Crippen molar-refractivity contribution < 1.29 is 4.42 Å². The van der Waals surface area contributed by atoms with Crippen molar-refractivity contribution in [2.24, 2.45) is 0 Å². The van der Waals surface area contributed by atoms with E-state index in [1.165, 1.54) is 16.3 Å². The van der Waals surface area contributed by atoms with Gasteiger partial charge in [-0.1, -0.05) is 164 Å². The van der Waals surface area contributed by atoms with E-state index in [0.29, 0.717) is 28.9 Å². The summed E-state index contributed by atoms with van der Waals surface area (Å²) < 4.78 is 6.52. The Balaban J connectivity index is 1.14. The monoisotopic (exact) mass is 678 g/mol. The lowest BCUT2D eigenvalue weighted by atomic mass is 9.97. The van der Waals surface area contributed by atoms with E-state index in [1.54, 1.807) is 0 Å². The smallest absolute Gasteiger partial charge is 0.227 e. The van der Waals surface area contributed by atoms with Crippen molar-refractivity contribution in [1.82, 2.24) is 19.9 Å². The molecule has 0 unspecified atom stereocenters. The Morgan fingerprint density at radius 1 is 0.321 bits per heavy atom. The number of hydrogen-bond donors (Lipinski definition) is 0. The highest BCUT2D eigenvalue weighted by atomic mass is 16.3. The Kier molecular flexibility index (Phi) is 7.40. The quantitative estimate of drug-likeness (QED) is 0.175. The summed E-state index contributed by atoms with van der Waals surface area (Å²) in [6.45, 7) is 0. The maximum Gasteiger partial charge on any atom is 0.227 e. The van der Waals surface area contributed by atoms with Crippen molar-refractivity contribution in [3.8, 4) is 67.9 Å². The highest BCUT2D eigenvalue weighted by Crippen LogP contribution is 2.37. The highest BCUT2D eigenvalue weighted by Gasteiger charge is 2.19. The maximum absolute atomic E-state index is 6.52. The molecule has 0 saturated carbocycles. The first kappa shape index (κ1) is 30.6. The predicted octanol–water partition coefficient (Wildman–Crippen LogP) is 12.3. The predicted molar refractivity (Wildman–Crippen MR) is 215 cm³/mol. The Morgan fingerprint density at radius 3 is 1.57 bits per heavy atom. The van der Waals surface area contributed by atoms with Gasteiger partial charge in [0.2, 0.25) is 5.89 Å². The molecule has 0 bridgehead atoms. The molecule has 0 N–H and O–H groups in total. The molecule has 10 rings (SSSR count). The zero-order valence-corrected chi connectivity index (χ0v) is 28.5. The van der Waals surface area contributed by atoms with Crippen molar-refractivity contribution in [2.75, 3.05) is 0 Å². The van der Waals surface area contributed by atoms with Crippen LogP contribution in [0.25, 0.3) is 101 Å². The van der Waals surface area contributed by atoms with Crippen LogP contribution in [0.3, 0.4) is 0 Å². The van der Waals surface area contributed by atoms with Crippen molar-refractivity contribution in [2.45, 2.75) is 0 Å². The SMILES string of the molecule is c1ccc(-c2ccc(-c3nc(-c4ccc(-c5cccc6ccccc56)cc4)nc(-c4cccc5ccc6nc(-c7ccccc7)oc6c45)n3)cc2)cc1. The van der Waals surface area contributed by atoms with Crippen LogP contribution in [0.1, 0.15) is 0 Å². The second kappa shape index (κ2) is 12.8.